The zero-order chi connectivity index (χ0) is 16.6. The molecule has 0 saturated carbocycles. The van der Waals surface area contributed by atoms with Crippen molar-refractivity contribution in [2.24, 2.45) is 5.92 Å². The number of hydrogen-bond donors (Lipinski definition) is 1. The molecule has 2 aliphatic heterocycles. The van der Waals surface area contributed by atoms with Crippen LogP contribution in [0.25, 0.3) is 0 Å². The standard InChI is InChI=1S/C18H23ClN2O2/c1-11-7-14(15(19)8-12(11)2)18(23)21-6-4-3-5-16(21)13-9-17(22)20-10-13/h7-8,13,16H,3-6,9-10H2,1-2H3,(H,20,22)/t13-,16+/m0/s1. The van der Waals surface area contributed by atoms with E-state index in [1.807, 2.05) is 30.9 Å². The van der Waals surface area contributed by atoms with Crippen LogP contribution in [0.5, 0.6) is 0 Å². The van der Waals surface area contributed by atoms with Crippen molar-refractivity contribution in [3.05, 3.63) is 33.8 Å². The van der Waals surface area contributed by atoms with Crippen LogP contribution < -0.4 is 5.32 Å². The second-order valence-electron chi connectivity index (χ2n) is 6.75. The number of amides is 2. The number of hydrogen-bond acceptors (Lipinski definition) is 2. The molecule has 2 aliphatic rings. The van der Waals surface area contributed by atoms with E-state index in [9.17, 15) is 9.59 Å². The normalized spacial score (nSPS) is 24.7. The third-order valence-corrected chi connectivity index (χ3v) is 5.49. The predicted molar refractivity (Wildman–Crippen MR) is 90.7 cm³/mol. The number of nitrogens with zero attached hydrogens (tertiary/aromatic N) is 1. The van der Waals surface area contributed by atoms with Gasteiger partial charge in [0.1, 0.15) is 0 Å². The van der Waals surface area contributed by atoms with Crippen molar-refractivity contribution in [3.63, 3.8) is 0 Å². The van der Waals surface area contributed by atoms with Crippen LogP contribution in [0.15, 0.2) is 12.1 Å². The molecule has 3 rings (SSSR count). The fourth-order valence-corrected chi connectivity index (χ4v) is 4.00. The summed E-state index contributed by atoms with van der Waals surface area (Å²) in [5.74, 6) is 0.316. The second-order valence-corrected chi connectivity index (χ2v) is 7.15. The first-order valence-corrected chi connectivity index (χ1v) is 8.69. The molecule has 2 saturated heterocycles. The minimum Gasteiger partial charge on any atom is -0.356 e. The van der Waals surface area contributed by atoms with Crippen molar-refractivity contribution < 1.29 is 9.59 Å². The largest absolute Gasteiger partial charge is 0.356 e. The van der Waals surface area contributed by atoms with Gasteiger partial charge in [0, 0.05) is 31.5 Å². The van der Waals surface area contributed by atoms with Gasteiger partial charge >= 0.3 is 0 Å². The van der Waals surface area contributed by atoms with Gasteiger partial charge in [0.25, 0.3) is 5.91 Å². The highest BCUT2D eigenvalue weighted by atomic mass is 35.5. The third kappa shape index (κ3) is 3.23. The van der Waals surface area contributed by atoms with Crippen molar-refractivity contribution in [2.45, 2.75) is 45.6 Å². The van der Waals surface area contributed by atoms with Crippen LogP contribution in [0, 0.1) is 19.8 Å². The lowest BCUT2D eigenvalue weighted by atomic mass is 9.89. The van der Waals surface area contributed by atoms with Gasteiger partial charge in [0.15, 0.2) is 0 Å². The van der Waals surface area contributed by atoms with Gasteiger partial charge in [-0.25, -0.2) is 0 Å². The minimum atomic E-state index is 0.00199. The number of carbonyl (C=O) groups excluding carboxylic acids is 2. The number of nitrogens with one attached hydrogen (secondary N) is 1. The van der Waals surface area contributed by atoms with Crippen molar-refractivity contribution in [3.8, 4) is 0 Å². The number of carbonyl (C=O) groups is 2. The number of likely N-dealkylation sites (tertiary alicyclic amines) is 1. The third-order valence-electron chi connectivity index (χ3n) is 5.18. The summed E-state index contributed by atoms with van der Waals surface area (Å²) in [4.78, 5) is 26.6. The highest BCUT2D eigenvalue weighted by Crippen LogP contribution is 2.31. The van der Waals surface area contributed by atoms with Gasteiger partial charge in [0.05, 0.1) is 10.6 Å². The first-order chi connectivity index (χ1) is 11.0. The maximum absolute atomic E-state index is 13.1. The van der Waals surface area contributed by atoms with Crippen molar-refractivity contribution in [2.75, 3.05) is 13.1 Å². The fourth-order valence-electron chi connectivity index (χ4n) is 3.70. The minimum absolute atomic E-state index is 0.00199. The Bertz CT molecular complexity index is 644. The van der Waals surface area contributed by atoms with Crippen LogP contribution in [0.3, 0.4) is 0 Å². The summed E-state index contributed by atoms with van der Waals surface area (Å²) in [6.45, 7) is 5.41. The molecule has 2 amide bonds. The van der Waals surface area contributed by atoms with E-state index >= 15 is 0 Å². The maximum atomic E-state index is 13.1. The molecule has 1 aromatic carbocycles. The Morgan fingerprint density at radius 1 is 1.26 bits per heavy atom. The molecular weight excluding hydrogens is 312 g/mol. The predicted octanol–water partition coefficient (Wildman–Crippen LogP) is 3.09. The van der Waals surface area contributed by atoms with Crippen molar-refractivity contribution in [1.82, 2.24) is 10.2 Å². The number of halogens is 1. The summed E-state index contributed by atoms with van der Waals surface area (Å²) >= 11 is 6.33. The Morgan fingerprint density at radius 3 is 2.70 bits per heavy atom. The summed E-state index contributed by atoms with van der Waals surface area (Å²) in [5, 5.41) is 3.41. The fraction of sp³-hybridized carbons (Fsp3) is 0.556. The van der Waals surface area contributed by atoms with Gasteiger partial charge in [-0.3, -0.25) is 9.59 Å². The average molecular weight is 335 g/mol. The van der Waals surface area contributed by atoms with E-state index < -0.39 is 0 Å². The van der Waals surface area contributed by atoms with Crippen molar-refractivity contribution >= 4 is 23.4 Å². The van der Waals surface area contributed by atoms with Crippen LogP contribution in [0.1, 0.15) is 47.2 Å². The highest BCUT2D eigenvalue weighted by molar-refractivity contribution is 6.34. The van der Waals surface area contributed by atoms with Crippen LogP contribution in [-0.2, 0) is 4.79 Å². The molecule has 1 aromatic rings. The van der Waals surface area contributed by atoms with Crippen molar-refractivity contribution in [1.29, 1.82) is 0 Å². The average Bonchev–Trinajstić information content (AvgIpc) is 2.96. The van der Waals surface area contributed by atoms with Gasteiger partial charge in [-0.2, -0.15) is 0 Å². The van der Waals surface area contributed by atoms with Gasteiger partial charge in [0.2, 0.25) is 5.91 Å². The van der Waals surface area contributed by atoms with E-state index in [1.54, 1.807) is 0 Å². The summed E-state index contributed by atoms with van der Waals surface area (Å²) < 4.78 is 0. The molecular formula is C18H23ClN2O2. The van der Waals surface area contributed by atoms with Crippen LogP contribution in [0.2, 0.25) is 5.02 Å². The number of aryl methyl sites for hydroxylation is 2. The smallest absolute Gasteiger partial charge is 0.255 e. The molecule has 5 heteroatoms. The summed E-state index contributed by atoms with van der Waals surface area (Å²) in [6, 6.07) is 3.89. The number of piperidine rings is 1. The lowest BCUT2D eigenvalue weighted by molar-refractivity contribution is -0.119. The molecule has 4 nitrogen and oxygen atoms in total. The Hall–Kier alpha value is -1.55. The maximum Gasteiger partial charge on any atom is 0.255 e. The second kappa shape index (κ2) is 6.52. The molecule has 0 unspecified atom stereocenters. The molecule has 0 aliphatic carbocycles. The number of rotatable bonds is 2. The van der Waals surface area contributed by atoms with E-state index in [0.29, 0.717) is 23.6 Å². The molecule has 2 fully saturated rings. The molecule has 1 N–H and O–H groups in total. The van der Waals surface area contributed by atoms with E-state index in [0.717, 1.165) is 36.9 Å². The van der Waals surface area contributed by atoms with Gasteiger partial charge in [-0.15, -0.1) is 0 Å². The zero-order valence-electron chi connectivity index (χ0n) is 13.7. The lowest BCUT2D eigenvalue weighted by Gasteiger charge is -2.39. The lowest BCUT2D eigenvalue weighted by Crippen LogP contribution is -2.48. The van der Waals surface area contributed by atoms with E-state index in [2.05, 4.69) is 5.32 Å². The first kappa shape index (κ1) is 16.3. The Balaban J connectivity index is 1.87. The molecule has 0 spiro atoms. The highest BCUT2D eigenvalue weighted by Gasteiger charge is 2.37. The van der Waals surface area contributed by atoms with Crippen LogP contribution in [-0.4, -0.2) is 35.8 Å². The first-order valence-electron chi connectivity index (χ1n) is 8.32. The van der Waals surface area contributed by atoms with Gasteiger partial charge in [-0.1, -0.05) is 11.6 Å². The Morgan fingerprint density at radius 2 is 2.00 bits per heavy atom. The summed E-state index contributed by atoms with van der Waals surface area (Å²) in [6.07, 6.45) is 3.61. The molecule has 0 bridgehead atoms. The topological polar surface area (TPSA) is 49.4 Å². The SMILES string of the molecule is Cc1cc(Cl)c(C(=O)N2CCCC[C@@H]2[C@@H]2CNC(=O)C2)cc1C. The summed E-state index contributed by atoms with van der Waals surface area (Å²) in [7, 11) is 0. The molecule has 0 radical (unpaired) electrons. The van der Waals surface area contributed by atoms with E-state index in [-0.39, 0.29) is 23.8 Å². The van der Waals surface area contributed by atoms with Gasteiger partial charge in [-0.05, 0) is 56.4 Å². The van der Waals surface area contributed by atoms with E-state index in [1.165, 1.54) is 0 Å². The van der Waals surface area contributed by atoms with Crippen LogP contribution in [0.4, 0.5) is 0 Å². The quantitative estimate of drug-likeness (QED) is 0.903. The molecule has 0 aromatic heterocycles. The number of benzene rings is 1. The van der Waals surface area contributed by atoms with Gasteiger partial charge < -0.3 is 10.2 Å². The molecule has 23 heavy (non-hydrogen) atoms. The summed E-state index contributed by atoms with van der Waals surface area (Å²) in [5.41, 5.74) is 2.75. The van der Waals surface area contributed by atoms with E-state index in [4.69, 9.17) is 11.6 Å². The zero-order valence-corrected chi connectivity index (χ0v) is 14.4. The Labute approximate surface area is 142 Å². The monoisotopic (exact) mass is 334 g/mol. The molecule has 124 valence electrons. The molecule has 2 heterocycles. The van der Waals surface area contributed by atoms with Crippen LogP contribution >= 0.6 is 11.6 Å². The molecule has 2 atom stereocenters. The Kier molecular flexibility index (Phi) is 4.62.